The number of anilines is 1. The minimum atomic E-state index is -0.115. The second kappa shape index (κ2) is 5.36. The Labute approximate surface area is 115 Å². The molecule has 1 N–H and O–H groups in total. The summed E-state index contributed by atoms with van der Waals surface area (Å²) in [6, 6.07) is -0.115. The van der Waals surface area contributed by atoms with Crippen LogP contribution in [0, 0.1) is 13.8 Å². The fraction of sp³-hybridized carbons (Fsp3) is 0.333. The first kappa shape index (κ1) is 13.5. The molecule has 2 aromatic heterocycles. The van der Waals surface area contributed by atoms with Crippen molar-refractivity contribution >= 4 is 23.7 Å². The van der Waals surface area contributed by atoms with Crippen LogP contribution < -0.4 is 5.32 Å². The molecule has 1 unspecified atom stereocenters. The van der Waals surface area contributed by atoms with Gasteiger partial charge in [0.05, 0.1) is 17.3 Å². The Kier molecular flexibility index (Phi) is 3.80. The van der Waals surface area contributed by atoms with E-state index >= 15 is 0 Å². The van der Waals surface area contributed by atoms with E-state index in [1.807, 2.05) is 20.8 Å². The van der Waals surface area contributed by atoms with Gasteiger partial charge < -0.3 is 9.84 Å². The quantitative estimate of drug-likeness (QED) is 0.685. The zero-order chi connectivity index (χ0) is 14.0. The summed E-state index contributed by atoms with van der Waals surface area (Å²) in [5, 5.41) is 7.14. The van der Waals surface area contributed by atoms with E-state index in [2.05, 4.69) is 20.4 Å². The molecular weight excluding hydrogens is 268 g/mol. The molecule has 0 spiro atoms. The molecule has 2 aromatic rings. The van der Waals surface area contributed by atoms with Crippen LogP contribution in [0.3, 0.4) is 0 Å². The van der Waals surface area contributed by atoms with Gasteiger partial charge in [0.2, 0.25) is 0 Å². The molecule has 2 rings (SSSR count). The van der Waals surface area contributed by atoms with Crippen molar-refractivity contribution in [3.05, 3.63) is 34.1 Å². The van der Waals surface area contributed by atoms with Crippen molar-refractivity contribution in [3.63, 3.8) is 0 Å². The van der Waals surface area contributed by atoms with Crippen LogP contribution in [0.5, 0.6) is 0 Å². The predicted molar refractivity (Wildman–Crippen MR) is 70.4 cm³/mol. The Balaban J connectivity index is 2.32. The highest BCUT2D eigenvalue weighted by Gasteiger charge is 2.18. The standard InChI is InChI=1S/C12H13ClN4O2/c1-6(10-7(2)17-19-8(10)3)16-12-9(4-18)11(13)14-5-15-12/h4-6H,1-3H3,(H,14,15,16). The summed E-state index contributed by atoms with van der Waals surface area (Å²) in [5.74, 6) is 1.12. The number of nitrogens with one attached hydrogen (secondary N) is 1. The molecular formula is C12H13ClN4O2. The highest BCUT2D eigenvalue weighted by atomic mass is 35.5. The predicted octanol–water partition coefficient (Wildman–Crippen LogP) is 2.72. The van der Waals surface area contributed by atoms with Crippen LogP contribution in [0.25, 0.3) is 0 Å². The van der Waals surface area contributed by atoms with Crippen molar-refractivity contribution in [3.8, 4) is 0 Å². The molecule has 19 heavy (non-hydrogen) atoms. The number of aldehydes is 1. The molecule has 0 aliphatic carbocycles. The lowest BCUT2D eigenvalue weighted by molar-refractivity contribution is 0.112. The third kappa shape index (κ3) is 2.58. The highest BCUT2D eigenvalue weighted by Crippen LogP contribution is 2.26. The number of rotatable bonds is 4. The molecule has 7 heteroatoms. The highest BCUT2D eigenvalue weighted by molar-refractivity contribution is 6.32. The van der Waals surface area contributed by atoms with Gasteiger partial charge in [0.25, 0.3) is 0 Å². The van der Waals surface area contributed by atoms with Crippen molar-refractivity contribution in [2.45, 2.75) is 26.8 Å². The Morgan fingerprint density at radius 3 is 2.74 bits per heavy atom. The molecule has 6 nitrogen and oxygen atoms in total. The summed E-state index contributed by atoms with van der Waals surface area (Å²) >= 11 is 5.85. The summed E-state index contributed by atoms with van der Waals surface area (Å²) in [6.45, 7) is 5.62. The first-order valence-corrected chi connectivity index (χ1v) is 6.07. The average Bonchev–Trinajstić information content (AvgIpc) is 2.69. The Bertz CT molecular complexity index is 592. The third-order valence-corrected chi connectivity index (χ3v) is 3.13. The largest absolute Gasteiger partial charge is 0.363 e. The van der Waals surface area contributed by atoms with Gasteiger partial charge in [-0.1, -0.05) is 16.8 Å². The van der Waals surface area contributed by atoms with Crippen molar-refractivity contribution in [1.29, 1.82) is 0 Å². The molecule has 100 valence electrons. The van der Waals surface area contributed by atoms with Crippen LogP contribution in [0.15, 0.2) is 10.9 Å². The summed E-state index contributed by atoms with van der Waals surface area (Å²) in [4.78, 5) is 18.8. The lowest BCUT2D eigenvalue weighted by Gasteiger charge is -2.15. The zero-order valence-corrected chi connectivity index (χ0v) is 11.5. The lowest BCUT2D eigenvalue weighted by Crippen LogP contribution is -2.12. The molecule has 0 bridgehead atoms. The van der Waals surface area contributed by atoms with Crippen LogP contribution in [0.4, 0.5) is 5.82 Å². The van der Waals surface area contributed by atoms with E-state index < -0.39 is 0 Å². The lowest BCUT2D eigenvalue weighted by atomic mass is 10.1. The number of aryl methyl sites for hydroxylation is 2. The Morgan fingerprint density at radius 1 is 1.42 bits per heavy atom. The van der Waals surface area contributed by atoms with Gasteiger partial charge in [0.15, 0.2) is 6.29 Å². The van der Waals surface area contributed by atoms with E-state index in [1.54, 1.807) is 0 Å². The molecule has 2 heterocycles. The monoisotopic (exact) mass is 280 g/mol. The molecule has 0 amide bonds. The van der Waals surface area contributed by atoms with Crippen molar-refractivity contribution < 1.29 is 9.32 Å². The van der Waals surface area contributed by atoms with Crippen LogP contribution in [-0.2, 0) is 0 Å². The summed E-state index contributed by atoms with van der Waals surface area (Å²) in [7, 11) is 0. The van der Waals surface area contributed by atoms with Gasteiger partial charge in [0.1, 0.15) is 23.1 Å². The zero-order valence-electron chi connectivity index (χ0n) is 10.8. The minimum absolute atomic E-state index is 0.115. The number of carbonyl (C=O) groups is 1. The normalized spacial score (nSPS) is 12.2. The maximum Gasteiger partial charge on any atom is 0.156 e. The fourth-order valence-corrected chi connectivity index (χ4v) is 2.16. The van der Waals surface area contributed by atoms with E-state index in [9.17, 15) is 4.79 Å². The maximum absolute atomic E-state index is 11.0. The third-order valence-electron chi connectivity index (χ3n) is 2.83. The van der Waals surface area contributed by atoms with Crippen LogP contribution in [0.1, 0.15) is 40.3 Å². The second-order valence-electron chi connectivity index (χ2n) is 4.15. The SMILES string of the molecule is Cc1noc(C)c1C(C)Nc1ncnc(Cl)c1C=O. The van der Waals surface area contributed by atoms with Gasteiger partial charge in [-0.3, -0.25) is 4.79 Å². The topological polar surface area (TPSA) is 80.9 Å². The minimum Gasteiger partial charge on any atom is -0.363 e. The Morgan fingerprint density at radius 2 is 2.16 bits per heavy atom. The summed E-state index contributed by atoms with van der Waals surface area (Å²) in [5.41, 5.74) is 1.97. The van der Waals surface area contributed by atoms with E-state index in [4.69, 9.17) is 16.1 Å². The van der Waals surface area contributed by atoms with Crippen LogP contribution >= 0.6 is 11.6 Å². The number of carbonyl (C=O) groups excluding carboxylic acids is 1. The van der Waals surface area contributed by atoms with Gasteiger partial charge in [-0.25, -0.2) is 9.97 Å². The van der Waals surface area contributed by atoms with Gasteiger partial charge in [0, 0.05) is 5.56 Å². The van der Waals surface area contributed by atoms with Crippen molar-refractivity contribution in [1.82, 2.24) is 15.1 Å². The molecule has 0 saturated heterocycles. The van der Waals surface area contributed by atoms with E-state index in [-0.39, 0.29) is 16.8 Å². The van der Waals surface area contributed by atoms with Gasteiger partial charge in [-0.2, -0.15) is 0 Å². The van der Waals surface area contributed by atoms with Gasteiger partial charge in [-0.05, 0) is 20.8 Å². The summed E-state index contributed by atoms with van der Waals surface area (Å²) in [6.07, 6.45) is 1.93. The van der Waals surface area contributed by atoms with Crippen LogP contribution in [-0.4, -0.2) is 21.4 Å². The fourth-order valence-electron chi connectivity index (χ4n) is 1.98. The molecule has 0 radical (unpaired) electrons. The van der Waals surface area contributed by atoms with E-state index in [0.29, 0.717) is 12.1 Å². The number of hydrogen-bond donors (Lipinski definition) is 1. The van der Waals surface area contributed by atoms with Gasteiger partial charge in [-0.15, -0.1) is 0 Å². The molecule has 0 aromatic carbocycles. The number of nitrogens with zero attached hydrogens (tertiary/aromatic N) is 3. The van der Waals surface area contributed by atoms with E-state index in [0.717, 1.165) is 17.0 Å². The van der Waals surface area contributed by atoms with Crippen molar-refractivity contribution in [2.75, 3.05) is 5.32 Å². The van der Waals surface area contributed by atoms with Crippen LogP contribution in [0.2, 0.25) is 5.15 Å². The maximum atomic E-state index is 11.0. The summed E-state index contributed by atoms with van der Waals surface area (Å²) < 4.78 is 5.12. The first-order chi connectivity index (χ1) is 9.04. The Hall–Kier alpha value is -1.95. The molecule has 0 saturated carbocycles. The molecule has 0 aliphatic heterocycles. The number of halogens is 1. The van der Waals surface area contributed by atoms with E-state index in [1.165, 1.54) is 6.33 Å². The number of hydrogen-bond acceptors (Lipinski definition) is 6. The van der Waals surface area contributed by atoms with Gasteiger partial charge >= 0.3 is 0 Å². The second-order valence-corrected chi connectivity index (χ2v) is 4.51. The smallest absolute Gasteiger partial charge is 0.156 e. The molecule has 0 fully saturated rings. The molecule has 0 aliphatic rings. The van der Waals surface area contributed by atoms with Crippen molar-refractivity contribution in [2.24, 2.45) is 0 Å². The molecule has 1 atom stereocenters. The number of aromatic nitrogens is 3. The average molecular weight is 281 g/mol. The first-order valence-electron chi connectivity index (χ1n) is 5.69.